The number of esters is 1. The molecule has 4 heteroatoms. The van der Waals surface area contributed by atoms with Gasteiger partial charge in [0.05, 0.1) is 18.1 Å². The van der Waals surface area contributed by atoms with Gasteiger partial charge in [0.15, 0.2) is 0 Å². The Morgan fingerprint density at radius 3 is 2.75 bits per heavy atom. The number of likely N-dealkylation sites (tertiary alicyclic amines) is 1. The largest absolute Gasteiger partial charge is 0.465 e. The van der Waals surface area contributed by atoms with Crippen LogP contribution >= 0.6 is 0 Å². The van der Waals surface area contributed by atoms with Gasteiger partial charge in [-0.1, -0.05) is 6.07 Å². The molecule has 1 spiro atoms. The maximum Gasteiger partial charge on any atom is 0.337 e. The summed E-state index contributed by atoms with van der Waals surface area (Å²) in [5.74, 6) is -0.0232. The van der Waals surface area contributed by atoms with Gasteiger partial charge in [-0.15, -0.1) is 0 Å². The van der Waals surface area contributed by atoms with Gasteiger partial charge in [0.25, 0.3) is 0 Å². The van der Waals surface area contributed by atoms with E-state index in [9.17, 15) is 9.59 Å². The number of ether oxygens (including phenoxy) is 1. The van der Waals surface area contributed by atoms with Crippen LogP contribution in [0.25, 0.3) is 0 Å². The number of amides is 1. The van der Waals surface area contributed by atoms with Crippen molar-refractivity contribution in [3.05, 3.63) is 34.9 Å². The van der Waals surface area contributed by atoms with Gasteiger partial charge in [0.1, 0.15) is 0 Å². The molecule has 1 aliphatic heterocycles. The van der Waals surface area contributed by atoms with Crippen LogP contribution in [0.1, 0.15) is 34.3 Å². The first-order valence-corrected chi connectivity index (χ1v) is 7.01. The summed E-state index contributed by atoms with van der Waals surface area (Å²) >= 11 is 0. The molecule has 1 aliphatic carbocycles. The fraction of sp³-hybridized carbons (Fsp3) is 0.500. The summed E-state index contributed by atoms with van der Waals surface area (Å²) in [5.41, 5.74) is 2.78. The molecule has 1 saturated heterocycles. The average molecular weight is 273 g/mol. The van der Waals surface area contributed by atoms with Crippen molar-refractivity contribution in [3.63, 3.8) is 0 Å². The summed E-state index contributed by atoms with van der Waals surface area (Å²) in [6.07, 6.45) is 3.49. The normalized spacial score (nSPS) is 24.9. The van der Waals surface area contributed by atoms with Gasteiger partial charge in [-0.05, 0) is 48.9 Å². The van der Waals surface area contributed by atoms with Crippen molar-refractivity contribution in [2.24, 2.45) is 5.41 Å². The Labute approximate surface area is 118 Å². The van der Waals surface area contributed by atoms with Gasteiger partial charge in [0.2, 0.25) is 5.91 Å². The molecule has 106 valence electrons. The van der Waals surface area contributed by atoms with E-state index in [0.717, 1.165) is 32.2 Å². The quantitative estimate of drug-likeness (QED) is 0.733. The molecule has 3 rings (SSSR count). The molecule has 1 heterocycles. The fourth-order valence-electron chi connectivity index (χ4n) is 3.49. The molecule has 2 aliphatic rings. The Morgan fingerprint density at radius 2 is 2.10 bits per heavy atom. The van der Waals surface area contributed by atoms with Crippen molar-refractivity contribution in [2.45, 2.75) is 25.7 Å². The number of carbonyl (C=O) groups excluding carboxylic acids is 2. The minimum absolute atomic E-state index is 0.200. The predicted octanol–water partition coefficient (Wildman–Crippen LogP) is 1.81. The zero-order valence-electron chi connectivity index (χ0n) is 11.9. The van der Waals surface area contributed by atoms with Crippen molar-refractivity contribution in [3.8, 4) is 0 Å². The van der Waals surface area contributed by atoms with E-state index in [-0.39, 0.29) is 17.3 Å². The van der Waals surface area contributed by atoms with E-state index < -0.39 is 0 Å². The number of fused-ring (bicyclic) bond motifs is 1. The van der Waals surface area contributed by atoms with Crippen LogP contribution in [-0.4, -0.2) is 37.5 Å². The van der Waals surface area contributed by atoms with E-state index in [1.807, 2.05) is 24.1 Å². The van der Waals surface area contributed by atoms with Crippen molar-refractivity contribution < 1.29 is 14.3 Å². The highest BCUT2D eigenvalue weighted by molar-refractivity contribution is 5.90. The third-order valence-corrected chi connectivity index (χ3v) is 4.76. The minimum Gasteiger partial charge on any atom is -0.465 e. The molecular formula is C16H19NO3. The molecule has 1 aromatic rings. The first-order valence-electron chi connectivity index (χ1n) is 7.01. The Kier molecular flexibility index (Phi) is 3.04. The highest BCUT2D eigenvalue weighted by Crippen LogP contribution is 2.43. The number of benzene rings is 1. The topological polar surface area (TPSA) is 46.6 Å². The number of hydrogen-bond donors (Lipinski definition) is 0. The number of methoxy groups -OCH3 is 1. The lowest BCUT2D eigenvalue weighted by Gasteiger charge is -2.33. The second kappa shape index (κ2) is 4.62. The molecule has 20 heavy (non-hydrogen) atoms. The summed E-state index contributed by atoms with van der Waals surface area (Å²) in [5, 5.41) is 0. The van der Waals surface area contributed by atoms with Crippen LogP contribution in [0, 0.1) is 5.41 Å². The SMILES string of the molecule is COC(=O)c1ccc2c(c1)CC[C@@]1(CCN(C)C1=O)C2. The lowest BCUT2D eigenvalue weighted by Crippen LogP contribution is -2.37. The molecule has 1 fully saturated rings. The number of hydrogen-bond acceptors (Lipinski definition) is 3. The van der Waals surface area contributed by atoms with Gasteiger partial charge in [-0.3, -0.25) is 4.79 Å². The Bertz CT molecular complexity index is 581. The first kappa shape index (κ1) is 13.2. The van der Waals surface area contributed by atoms with Crippen molar-refractivity contribution >= 4 is 11.9 Å². The summed E-state index contributed by atoms with van der Waals surface area (Å²) in [6.45, 7) is 0.856. The second-order valence-corrected chi connectivity index (χ2v) is 5.91. The van der Waals surface area contributed by atoms with Crippen LogP contribution in [0.5, 0.6) is 0 Å². The van der Waals surface area contributed by atoms with E-state index in [1.165, 1.54) is 18.2 Å². The smallest absolute Gasteiger partial charge is 0.337 e. The van der Waals surface area contributed by atoms with Crippen molar-refractivity contribution in [2.75, 3.05) is 20.7 Å². The number of carbonyl (C=O) groups is 2. The van der Waals surface area contributed by atoms with Crippen LogP contribution in [0.4, 0.5) is 0 Å². The minimum atomic E-state index is -0.301. The lowest BCUT2D eigenvalue weighted by atomic mass is 9.70. The van der Waals surface area contributed by atoms with Gasteiger partial charge < -0.3 is 9.64 Å². The van der Waals surface area contributed by atoms with Crippen LogP contribution in [0.3, 0.4) is 0 Å². The number of nitrogens with zero attached hydrogens (tertiary/aromatic N) is 1. The third kappa shape index (κ3) is 1.90. The van der Waals surface area contributed by atoms with Gasteiger partial charge in [-0.25, -0.2) is 4.79 Å². The molecule has 1 aromatic carbocycles. The van der Waals surface area contributed by atoms with Gasteiger partial charge in [-0.2, -0.15) is 0 Å². The summed E-state index contributed by atoms with van der Waals surface area (Å²) in [7, 11) is 3.27. The summed E-state index contributed by atoms with van der Waals surface area (Å²) < 4.78 is 4.75. The molecule has 0 radical (unpaired) electrons. The Balaban J connectivity index is 1.90. The average Bonchev–Trinajstić information content (AvgIpc) is 2.75. The molecule has 1 atom stereocenters. The highest BCUT2D eigenvalue weighted by Gasteiger charge is 2.46. The molecule has 0 saturated carbocycles. The first-order chi connectivity index (χ1) is 9.55. The molecular weight excluding hydrogens is 254 g/mol. The molecule has 0 unspecified atom stereocenters. The van der Waals surface area contributed by atoms with Crippen LogP contribution in [0.2, 0.25) is 0 Å². The van der Waals surface area contributed by atoms with Crippen LogP contribution < -0.4 is 0 Å². The van der Waals surface area contributed by atoms with Crippen molar-refractivity contribution in [1.82, 2.24) is 4.90 Å². The second-order valence-electron chi connectivity index (χ2n) is 5.91. The predicted molar refractivity (Wildman–Crippen MR) is 74.5 cm³/mol. The Hall–Kier alpha value is -1.84. The standard InChI is InChI=1S/C16H19NO3/c1-17-8-7-16(15(17)19)6-5-11-9-12(14(18)20-2)3-4-13(11)10-16/h3-4,9H,5-8,10H2,1-2H3/t16-/m1/s1. The lowest BCUT2D eigenvalue weighted by molar-refractivity contribution is -0.135. The molecule has 0 bridgehead atoms. The van der Waals surface area contributed by atoms with E-state index in [0.29, 0.717) is 5.56 Å². The molecule has 1 amide bonds. The fourth-order valence-corrected chi connectivity index (χ4v) is 3.49. The molecule has 4 nitrogen and oxygen atoms in total. The number of rotatable bonds is 1. The Morgan fingerprint density at radius 1 is 1.30 bits per heavy atom. The number of aryl methyl sites for hydroxylation is 1. The monoisotopic (exact) mass is 273 g/mol. The van der Waals surface area contributed by atoms with Crippen LogP contribution in [-0.2, 0) is 22.4 Å². The van der Waals surface area contributed by atoms with Gasteiger partial charge >= 0.3 is 5.97 Å². The zero-order valence-corrected chi connectivity index (χ0v) is 11.9. The summed E-state index contributed by atoms with van der Waals surface area (Å²) in [6, 6.07) is 5.69. The molecule has 0 N–H and O–H groups in total. The summed E-state index contributed by atoms with van der Waals surface area (Å²) in [4.78, 5) is 25.8. The van der Waals surface area contributed by atoms with E-state index in [1.54, 1.807) is 6.07 Å². The highest BCUT2D eigenvalue weighted by atomic mass is 16.5. The molecule has 0 aromatic heterocycles. The van der Waals surface area contributed by atoms with E-state index in [2.05, 4.69) is 0 Å². The van der Waals surface area contributed by atoms with Crippen molar-refractivity contribution in [1.29, 1.82) is 0 Å². The maximum absolute atomic E-state index is 12.4. The zero-order chi connectivity index (χ0) is 14.3. The van der Waals surface area contributed by atoms with E-state index in [4.69, 9.17) is 4.74 Å². The maximum atomic E-state index is 12.4. The van der Waals surface area contributed by atoms with E-state index >= 15 is 0 Å². The van der Waals surface area contributed by atoms with Crippen LogP contribution in [0.15, 0.2) is 18.2 Å². The van der Waals surface area contributed by atoms with Gasteiger partial charge in [0, 0.05) is 13.6 Å². The third-order valence-electron chi connectivity index (χ3n) is 4.76.